The molecular formula is C11H20NP. The first-order chi connectivity index (χ1) is 6.09. The molecule has 1 heterocycles. The smallest absolute Gasteiger partial charge is 0.0188 e. The molecule has 0 amide bonds. The predicted octanol–water partition coefficient (Wildman–Crippen LogP) is 3.13. The molecule has 0 spiro atoms. The van der Waals surface area contributed by atoms with Crippen LogP contribution in [0.25, 0.3) is 0 Å². The van der Waals surface area contributed by atoms with Gasteiger partial charge in [0.1, 0.15) is 0 Å². The minimum absolute atomic E-state index is 0.377. The number of allylic oxidation sites excluding steroid dienone is 1. The van der Waals surface area contributed by atoms with Gasteiger partial charge in [0.2, 0.25) is 0 Å². The van der Waals surface area contributed by atoms with Crippen LogP contribution in [-0.4, -0.2) is 16.8 Å². The van der Waals surface area contributed by atoms with E-state index in [9.17, 15) is 0 Å². The van der Waals surface area contributed by atoms with E-state index >= 15 is 0 Å². The van der Waals surface area contributed by atoms with Gasteiger partial charge in [-0.2, -0.15) is 0 Å². The van der Waals surface area contributed by atoms with Crippen LogP contribution in [0.15, 0.2) is 11.1 Å². The van der Waals surface area contributed by atoms with Crippen LogP contribution >= 0.6 is 9.39 Å². The van der Waals surface area contributed by atoms with Gasteiger partial charge < -0.3 is 0 Å². The fraction of sp³-hybridized carbons (Fsp3) is 0.818. The molecule has 1 atom stereocenters. The lowest BCUT2D eigenvalue weighted by atomic mass is 9.97. The van der Waals surface area contributed by atoms with Crippen molar-refractivity contribution in [2.45, 2.75) is 51.5 Å². The normalized spacial score (nSPS) is 28.8. The van der Waals surface area contributed by atoms with Gasteiger partial charge in [-0.1, -0.05) is 20.5 Å². The highest BCUT2D eigenvalue weighted by Crippen LogP contribution is 2.39. The van der Waals surface area contributed by atoms with Gasteiger partial charge in [0.15, 0.2) is 0 Å². The van der Waals surface area contributed by atoms with E-state index in [0.717, 1.165) is 0 Å². The maximum Gasteiger partial charge on any atom is 0.0188 e. The zero-order chi connectivity index (χ0) is 9.47. The number of nitrogens with zero attached hydrogens (tertiary/aromatic N) is 1. The van der Waals surface area contributed by atoms with Gasteiger partial charge in [0.25, 0.3) is 0 Å². The molecule has 1 saturated carbocycles. The fourth-order valence-corrected chi connectivity index (χ4v) is 2.31. The van der Waals surface area contributed by atoms with Gasteiger partial charge in [-0.15, -0.1) is 0 Å². The quantitative estimate of drug-likeness (QED) is 0.426. The van der Waals surface area contributed by atoms with Crippen molar-refractivity contribution in [2.24, 2.45) is 0 Å². The zero-order valence-electron chi connectivity index (χ0n) is 8.77. The standard InChI is InChI=1S/C11H20NP/c1-11(2)7-5-10(9-3-4-9)6-8-12(11)13/h3-8,13H2,1-2H3. The Labute approximate surface area is 83.8 Å². The molecule has 0 radical (unpaired) electrons. The average molecular weight is 197 g/mol. The first kappa shape index (κ1) is 9.68. The molecule has 0 bridgehead atoms. The second-order valence-corrected chi connectivity index (χ2v) is 5.59. The molecule has 1 aliphatic heterocycles. The van der Waals surface area contributed by atoms with Gasteiger partial charge in [0, 0.05) is 12.1 Å². The highest BCUT2D eigenvalue weighted by molar-refractivity contribution is 7.13. The summed E-state index contributed by atoms with van der Waals surface area (Å²) in [5.74, 6) is 0. The van der Waals surface area contributed by atoms with Crippen LogP contribution in [0.2, 0.25) is 0 Å². The van der Waals surface area contributed by atoms with Crippen molar-refractivity contribution < 1.29 is 0 Å². The van der Waals surface area contributed by atoms with E-state index in [-0.39, 0.29) is 0 Å². The Morgan fingerprint density at radius 2 is 1.69 bits per heavy atom. The Bertz CT molecular complexity index is 236. The summed E-state index contributed by atoms with van der Waals surface area (Å²) in [4.78, 5) is 0. The SMILES string of the molecule is CC1(C)CCC(=C2CC2)CCN1P. The van der Waals surface area contributed by atoms with Crippen LogP contribution in [0.3, 0.4) is 0 Å². The van der Waals surface area contributed by atoms with Gasteiger partial charge >= 0.3 is 0 Å². The van der Waals surface area contributed by atoms with E-state index in [1.165, 1.54) is 38.6 Å². The molecule has 13 heavy (non-hydrogen) atoms. The molecule has 2 aliphatic rings. The molecule has 0 aromatic carbocycles. The van der Waals surface area contributed by atoms with Crippen LogP contribution in [0.1, 0.15) is 46.0 Å². The van der Waals surface area contributed by atoms with Crippen molar-refractivity contribution in [1.82, 2.24) is 4.67 Å². The highest BCUT2D eigenvalue weighted by atomic mass is 31.0. The molecule has 1 unspecified atom stereocenters. The second kappa shape index (κ2) is 3.37. The summed E-state index contributed by atoms with van der Waals surface area (Å²) in [6, 6.07) is 0. The van der Waals surface area contributed by atoms with Gasteiger partial charge in [-0.3, -0.25) is 4.67 Å². The molecular weight excluding hydrogens is 177 g/mol. The Kier molecular flexibility index (Phi) is 2.51. The third-order valence-corrected chi connectivity index (χ3v) is 4.43. The summed E-state index contributed by atoms with van der Waals surface area (Å²) in [5, 5.41) is 0. The topological polar surface area (TPSA) is 3.24 Å². The van der Waals surface area contributed by atoms with Crippen molar-refractivity contribution in [3.8, 4) is 0 Å². The summed E-state index contributed by atoms with van der Waals surface area (Å²) in [6.07, 6.45) is 6.75. The van der Waals surface area contributed by atoms with Crippen LogP contribution in [0.5, 0.6) is 0 Å². The van der Waals surface area contributed by atoms with Crippen molar-refractivity contribution >= 4 is 9.39 Å². The summed E-state index contributed by atoms with van der Waals surface area (Å²) in [5.41, 5.74) is 3.93. The summed E-state index contributed by atoms with van der Waals surface area (Å²) < 4.78 is 2.43. The van der Waals surface area contributed by atoms with Crippen LogP contribution in [0, 0.1) is 0 Å². The first-order valence-electron chi connectivity index (χ1n) is 5.32. The molecule has 74 valence electrons. The minimum atomic E-state index is 0.377. The highest BCUT2D eigenvalue weighted by Gasteiger charge is 2.29. The lowest BCUT2D eigenvalue weighted by Crippen LogP contribution is -2.35. The molecule has 0 aromatic rings. The molecule has 2 rings (SSSR count). The van der Waals surface area contributed by atoms with Crippen LogP contribution in [-0.2, 0) is 0 Å². The van der Waals surface area contributed by atoms with E-state index in [2.05, 4.69) is 27.9 Å². The molecule has 1 aliphatic carbocycles. The van der Waals surface area contributed by atoms with E-state index in [4.69, 9.17) is 0 Å². The van der Waals surface area contributed by atoms with E-state index in [0.29, 0.717) is 5.54 Å². The molecule has 2 heteroatoms. The summed E-state index contributed by atoms with van der Waals surface area (Å²) in [6.45, 7) is 5.91. The monoisotopic (exact) mass is 197 g/mol. The van der Waals surface area contributed by atoms with Crippen LogP contribution < -0.4 is 0 Å². The Morgan fingerprint density at radius 1 is 1.08 bits per heavy atom. The number of hydrogen-bond donors (Lipinski definition) is 0. The molecule has 2 fully saturated rings. The predicted molar refractivity (Wildman–Crippen MR) is 60.6 cm³/mol. The molecule has 0 N–H and O–H groups in total. The minimum Gasteiger partial charge on any atom is -0.282 e. The van der Waals surface area contributed by atoms with Gasteiger partial charge in [-0.05, 0) is 46.0 Å². The van der Waals surface area contributed by atoms with Crippen molar-refractivity contribution in [3.05, 3.63) is 11.1 Å². The maximum atomic E-state index is 2.89. The van der Waals surface area contributed by atoms with Gasteiger partial charge in [0.05, 0.1) is 0 Å². The van der Waals surface area contributed by atoms with Crippen molar-refractivity contribution in [2.75, 3.05) is 6.54 Å². The maximum absolute atomic E-state index is 2.89. The fourth-order valence-electron chi connectivity index (χ4n) is 2.05. The average Bonchev–Trinajstić information content (AvgIpc) is 2.85. The van der Waals surface area contributed by atoms with Crippen molar-refractivity contribution in [1.29, 1.82) is 0 Å². The number of rotatable bonds is 0. The first-order valence-corrected chi connectivity index (χ1v) is 5.83. The van der Waals surface area contributed by atoms with E-state index in [1.807, 2.05) is 0 Å². The van der Waals surface area contributed by atoms with Gasteiger partial charge in [-0.25, -0.2) is 0 Å². The molecule has 0 aromatic heterocycles. The third kappa shape index (κ3) is 2.14. The lowest BCUT2D eigenvalue weighted by Gasteiger charge is -2.33. The Balaban J connectivity index is 2.08. The summed E-state index contributed by atoms with van der Waals surface area (Å²) in [7, 11) is 2.89. The van der Waals surface area contributed by atoms with E-state index < -0.39 is 0 Å². The van der Waals surface area contributed by atoms with Crippen LogP contribution in [0.4, 0.5) is 0 Å². The lowest BCUT2D eigenvalue weighted by molar-refractivity contribution is 0.249. The molecule has 1 saturated heterocycles. The van der Waals surface area contributed by atoms with Crippen molar-refractivity contribution in [3.63, 3.8) is 0 Å². The Morgan fingerprint density at radius 3 is 2.31 bits per heavy atom. The second-order valence-electron chi connectivity index (χ2n) is 4.96. The number of hydrogen-bond acceptors (Lipinski definition) is 1. The zero-order valence-corrected chi connectivity index (χ0v) is 9.92. The largest absolute Gasteiger partial charge is 0.282 e. The third-order valence-electron chi connectivity index (χ3n) is 3.47. The summed E-state index contributed by atoms with van der Waals surface area (Å²) >= 11 is 0. The Hall–Kier alpha value is 0.130. The van der Waals surface area contributed by atoms with E-state index in [1.54, 1.807) is 11.1 Å². The molecule has 1 nitrogen and oxygen atoms in total.